The van der Waals surface area contributed by atoms with Crippen LogP contribution < -0.4 is 10.1 Å². The Hall–Kier alpha value is -1.06. The van der Waals surface area contributed by atoms with Gasteiger partial charge >= 0.3 is 0 Å². The van der Waals surface area contributed by atoms with Gasteiger partial charge in [-0.15, -0.1) is 0 Å². The van der Waals surface area contributed by atoms with E-state index in [9.17, 15) is 0 Å². The smallest absolute Gasteiger partial charge is 0.118 e. The molecule has 1 fully saturated rings. The van der Waals surface area contributed by atoms with Crippen molar-refractivity contribution in [1.82, 2.24) is 10.2 Å². The summed E-state index contributed by atoms with van der Waals surface area (Å²) in [5.41, 5.74) is 1.34. The zero-order chi connectivity index (χ0) is 12.8. The van der Waals surface area contributed by atoms with Crippen LogP contribution in [0.5, 0.6) is 5.75 Å². The van der Waals surface area contributed by atoms with Gasteiger partial charge in [0.2, 0.25) is 0 Å². The SMILES string of the molecule is COc1ccc(CN(C)CCCNC2CC2)cc1. The van der Waals surface area contributed by atoms with Crippen LogP contribution in [0.25, 0.3) is 0 Å². The number of nitrogens with zero attached hydrogens (tertiary/aromatic N) is 1. The van der Waals surface area contributed by atoms with Crippen molar-refractivity contribution in [3.8, 4) is 5.75 Å². The minimum Gasteiger partial charge on any atom is -0.497 e. The monoisotopic (exact) mass is 248 g/mol. The zero-order valence-electron chi connectivity index (χ0n) is 11.5. The lowest BCUT2D eigenvalue weighted by molar-refractivity contribution is 0.319. The molecular weight excluding hydrogens is 224 g/mol. The summed E-state index contributed by atoms with van der Waals surface area (Å²) in [5.74, 6) is 0.926. The Morgan fingerprint density at radius 1 is 1.28 bits per heavy atom. The van der Waals surface area contributed by atoms with Crippen LogP contribution >= 0.6 is 0 Å². The molecule has 1 saturated carbocycles. The highest BCUT2D eigenvalue weighted by molar-refractivity contribution is 5.26. The summed E-state index contributed by atoms with van der Waals surface area (Å²) in [6.07, 6.45) is 3.98. The fourth-order valence-electron chi connectivity index (χ4n) is 2.06. The van der Waals surface area contributed by atoms with Gasteiger partial charge in [0.1, 0.15) is 5.75 Å². The van der Waals surface area contributed by atoms with Crippen molar-refractivity contribution in [2.24, 2.45) is 0 Å². The molecule has 1 aromatic carbocycles. The minimum absolute atomic E-state index is 0.830. The number of hydrogen-bond donors (Lipinski definition) is 1. The Balaban J connectivity index is 1.63. The molecule has 100 valence electrons. The topological polar surface area (TPSA) is 24.5 Å². The summed E-state index contributed by atoms with van der Waals surface area (Å²) < 4.78 is 5.16. The van der Waals surface area contributed by atoms with E-state index in [2.05, 4.69) is 29.4 Å². The average molecular weight is 248 g/mol. The molecule has 1 aromatic rings. The minimum atomic E-state index is 0.830. The fraction of sp³-hybridized carbons (Fsp3) is 0.600. The summed E-state index contributed by atoms with van der Waals surface area (Å²) in [4.78, 5) is 2.37. The second kappa shape index (κ2) is 6.76. The van der Waals surface area contributed by atoms with Gasteiger partial charge in [-0.3, -0.25) is 0 Å². The summed E-state index contributed by atoms with van der Waals surface area (Å²) >= 11 is 0. The lowest BCUT2D eigenvalue weighted by Gasteiger charge is -2.17. The maximum Gasteiger partial charge on any atom is 0.118 e. The van der Waals surface area contributed by atoms with Crippen LogP contribution in [-0.4, -0.2) is 38.2 Å². The van der Waals surface area contributed by atoms with Crippen LogP contribution in [-0.2, 0) is 6.54 Å². The highest BCUT2D eigenvalue weighted by Gasteiger charge is 2.19. The second-order valence-electron chi connectivity index (χ2n) is 5.17. The van der Waals surface area contributed by atoms with Crippen LogP contribution in [0.2, 0.25) is 0 Å². The number of nitrogens with one attached hydrogen (secondary N) is 1. The Labute approximate surface area is 110 Å². The van der Waals surface area contributed by atoms with Gasteiger partial charge in [0, 0.05) is 12.6 Å². The molecule has 1 aliphatic carbocycles. The number of ether oxygens (including phenoxy) is 1. The summed E-state index contributed by atoms with van der Waals surface area (Å²) in [6, 6.07) is 9.16. The van der Waals surface area contributed by atoms with Gasteiger partial charge in [0.25, 0.3) is 0 Å². The van der Waals surface area contributed by atoms with E-state index < -0.39 is 0 Å². The maximum atomic E-state index is 5.16. The zero-order valence-corrected chi connectivity index (χ0v) is 11.5. The van der Waals surface area contributed by atoms with E-state index in [0.29, 0.717) is 0 Å². The first kappa shape index (κ1) is 13.4. The van der Waals surface area contributed by atoms with Gasteiger partial charge in [-0.25, -0.2) is 0 Å². The lowest BCUT2D eigenvalue weighted by atomic mass is 10.2. The van der Waals surface area contributed by atoms with Gasteiger partial charge in [0.15, 0.2) is 0 Å². The van der Waals surface area contributed by atoms with Crippen molar-refractivity contribution < 1.29 is 4.74 Å². The molecule has 0 aliphatic heterocycles. The first-order valence-electron chi connectivity index (χ1n) is 6.83. The summed E-state index contributed by atoms with van der Waals surface area (Å²) in [6.45, 7) is 3.30. The first-order valence-corrected chi connectivity index (χ1v) is 6.83. The quantitative estimate of drug-likeness (QED) is 0.714. The molecule has 0 unspecified atom stereocenters. The summed E-state index contributed by atoms with van der Waals surface area (Å²) in [7, 11) is 3.88. The third-order valence-electron chi connectivity index (χ3n) is 3.34. The molecule has 2 rings (SSSR count). The van der Waals surface area contributed by atoms with Crippen LogP contribution in [0.4, 0.5) is 0 Å². The molecule has 3 nitrogen and oxygen atoms in total. The predicted octanol–water partition coefficient (Wildman–Crippen LogP) is 2.27. The normalized spacial score (nSPS) is 15.1. The van der Waals surface area contributed by atoms with Crippen molar-refractivity contribution in [2.45, 2.75) is 31.8 Å². The third-order valence-corrected chi connectivity index (χ3v) is 3.34. The van der Waals surface area contributed by atoms with E-state index in [1.165, 1.54) is 24.8 Å². The number of rotatable bonds is 8. The molecule has 0 amide bonds. The Morgan fingerprint density at radius 2 is 2.00 bits per heavy atom. The largest absolute Gasteiger partial charge is 0.497 e. The molecule has 0 aromatic heterocycles. The van der Waals surface area contributed by atoms with Crippen LogP contribution in [0, 0.1) is 0 Å². The highest BCUT2D eigenvalue weighted by atomic mass is 16.5. The van der Waals surface area contributed by atoms with Crippen LogP contribution in [0.1, 0.15) is 24.8 Å². The Kier molecular flexibility index (Phi) is 5.02. The van der Waals surface area contributed by atoms with E-state index >= 15 is 0 Å². The van der Waals surface area contributed by atoms with Gasteiger partial charge < -0.3 is 15.0 Å². The van der Waals surface area contributed by atoms with E-state index in [-0.39, 0.29) is 0 Å². The molecule has 18 heavy (non-hydrogen) atoms. The fourth-order valence-corrected chi connectivity index (χ4v) is 2.06. The molecule has 0 heterocycles. The van der Waals surface area contributed by atoms with E-state index in [1.807, 2.05) is 12.1 Å². The number of benzene rings is 1. The van der Waals surface area contributed by atoms with Gasteiger partial charge in [0.05, 0.1) is 7.11 Å². The molecule has 0 bridgehead atoms. The van der Waals surface area contributed by atoms with Crippen LogP contribution in [0.3, 0.4) is 0 Å². The molecule has 1 aliphatic rings. The van der Waals surface area contributed by atoms with Gasteiger partial charge in [-0.2, -0.15) is 0 Å². The van der Waals surface area contributed by atoms with E-state index in [0.717, 1.165) is 31.4 Å². The van der Waals surface area contributed by atoms with E-state index in [1.54, 1.807) is 7.11 Å². The van der Waals surface area contributed by atoms with Gasteiger partial charge in [-0.05, 0) is 57.1 Å². The molecule has 0 spiro atoms. The van der Waals surface area contributed by atoms with Crippen molar-refractivity contribution in [1.29, 1.82) is 0 Å². The second-order valence-corrected chi connectivity index (χ2v) is 5.17. The molecule has 1 N–H and O–H groups in total. The maximum absolute atomic E-state index is 5.16. The van der Waals surface area contributed by atoms with Crippen molar-refractivity contribution >= 4 is 0 Å². The van der Waals surface area contributed by atoms with Crippen molar-refractivity contribution in [3.63, 3.8) is 0 Å². The average Bonchev–Trinajstić information content (AvgIpc) is 3.20. The molecule has 0 saturated heterocycles. The molecular formula is C15H24N2O. The Bertz CT molecular complexity index is 346. The standard InChI is InChI=1S/C15H24N2O/c1-17(11-3-10-16-14-6-7-14)12-13-4-8-15(18-2)9-5-13/h4-5,8-9,14,16H,3,6-7,10-12H2,1-2H3. The first-order chi connectivity index (χ1) is 8.78. The van der Waals surface area contributed by atoms with Crippen molar-refractivity contribution in [3.05, 3.63) is 29.8 Å². The lowest BCUT2D eigenvalue weighted by Crippen LogP contribution is -2.24. The Morgan fingerprint density at radius 3 is 2.61 bits per heavy atom. The van der Waals surface area contributed by atoms with E-state index in [4.69, 9.17) is 4.74 Å². The highest BCUT2D eigenvalue weighted by Crippen LogP contribution is 2.18. The molecule has 3 heteroatoms. The van der Waals surface area contributed by atoms with Crippen LogP contribution in [0.15, 0.2) is 24.3 Å². The predicted molar refractivity (Wildman–Crippen MR) is 75.0 cm³/mol. The summed E-state index contributed by atoms with van der Waals surface area (Å²) in [5, 5.41) is 3.55. The third kappa shape index (κ3) is 4.67. The van der Waals surface area contributed by atoms with Gasteiger partial charge in [-0.1, -0.05) is 12.1 Å². The molecule has 0 radical (unpaired) electrons. The number of methoxy groups -OCH3 is 1. The van der Waals surface area contributed by atoms with Crippen molar-refractivity contribution in [2.75, 3.05) is 27.2 Å². The number of hydrogen-bond acceptors (Lipinski definition) is 3. The molecule has 0 atom stereocenters.